The second-order valence-electron chi connectivity index (χ2n) is 7.49. The molecule has 0 aromatic rings. The van der Waals surface area contributed by atoms with Crippen molar-refractivity contribution in [2.45, 2.75) is 122 Å². The Morgan fingerprint density at radius 1 is 0.708 bits per heavy atom. The summed E-state index contributed by atoms with van der Waals surface area (Å²) in [5.41, 5.74) is 0. The van der Waals surface area contributed by atoms with Crippen LogP contribution >= 0.6 is 0 Å². The molecule has 0 aromatic heterocycles. The topological polar surface area (TPSA) is 12.5 Å². The van der Waals surface area contributed by atoms with E-state index in [1.807, 2.05) is 12.2 Å². The molecular formula is C23H42O. The van der Waals surface area contributed by atoms with E-state index in [0.717, 1.165) is 0 Å². The molecule has 0 aromatic carbocycles. The van der Waals surface area contributed by atoms with Gasteiger partial charge < -0.3 is 4.74 Å². The van der Waals surface area contributed by atoms with Crippen molar-refractivity contribution in [1.29, 1.82) is 0 Å². The Morgan fingerprint density at radius 2 is 1.21 bits per heavy atom. The minimum absolute atomic E-state index is 0.604. The molecule has 140 valence electrons. The van der Waals surface area contributed by atoms with E-state index in [-0.39, 0.29) is 0 Å². The molecule has 1 heterocycles. The first kappa shape index (κ1) is 21.5. The second kappa shape index (κ2) is 15.9. The van der Waals surface area contributed by atoms with Gasteiger partial charge in [0.25, 0.3) is 0 Å². The number of epoxide rings is 1. The van der Waals surface area contributed by atoms with Crippen molar-refractivity contribution in [3.8, 4) is 0 Å². The maximum atomic E-state index is 5.82. The smallest absolute Gasteiger partial charge is 0.0841 e. The van der Waals surface area contributed by atoms with Crippen LogP contribution in [0.25, 0.3) is 0 Å². The molecule has 24 heavy (non-hydrogen) atoms. The zero-order chi connectivity index (χ0) is 17.3. The summed E-state index contributed by atoms with van der Waals surface area (Å²) < 4.78 is 5.82. The van der Waals surface area contributed by atoms with Crippen molar-refractivity contribution in [1.82, 2.24) is 0 Å². The highest BCUT2D eigenvalue weighted by Gasteiger charge is 2.36. The predicted molar refractivity (Wildman–Crippen MR) is 108 cm³/mol. The highest BCUT2D eigenvalue weighted by Crippen LogP contribution is 2.31. The van der Waals surface area contributed by atoms with Gasteiger partial charge in [-0.05, 0) is 25.7 Å². The SMILES string of the molecule is C=CC=CCCCCCC1OC1CCCCCCCCCCCC. The first-order valence-corrected chi connectivity index (χ1v) is 10.8. The number of hydrogen-bond acceptors (Lipinski definition) is 1. The van der Waals surface area contributed by atoms with E-state index in [1.54, 1.807) is 0 Å². The molecule has 0 saturated carbocycles. The first-order chi connectivity index (χ1) is 11.9. The summed E-state index contributed by atoms with van der Waals surface area (Å²) in [6.45, 7) is 5.98. The van der Waals surface area contributed by atoms with Gasteiger partial charge in [-0.1, -0.05) is 109 Å². The molecule has 1 fully saturated rings. The zero-order valence-corrected chi connectivity index (χ0v) is 16.3. The second-order valence-corrected chi connectivity index (χ2v) is 7.49. The van der Waals surface area contributed by atoms with Crippen LogP contribution in [0.2, 0.25) is 0 Å². The van der Waals surface area contributed by atoms with Crippen molar-refractivity contribution in [2.24, 2.45) is 0 Å². The molecule has 0 aliphatic carbocycles. The van der Waals surface area contributed by atoms with E-state index in [0.29, 0.717) is 12.2 Å². The lowest BCUT2D eigenvalue weighted by atomic mass is 10.0. The standard InChI is InChI=1S/C23H42O/c1-3-5-7-9-11-12-13-15-17-19-21-23-22(24-23)20-18-16-14-10-8-6-4-2/h4,6,8,22-23H,2-3,5,7,9-21H2,1H3. The van der Waals surface area contributed by atoms with Gasteiger partial charge in [-0.3, -0.25) is 0 Å². The van der Waals surface area contributed by atoms with Crippen molar-refractivity contribution < 1.29 is 4.74 Å². The maximum absolute atomic E-state index is 5.82. The summed E-state index contributed by atoms with van der Waals surface area (Å²) in [6.07, 6.45) is 29.4. The summed E-state index contributed by atoms with van der Waals surface area (Å²) in [7, 11) is 0. The van der Waals surface area contributed by atoms with Gasteiger partial charge in [0, 0.05) is 0 Å². The molecular weight excluding hydrogens is 292 g/mol. The van der Waals surface area contributed by atoms with Gasteiger partial charge in [0.1, 0.15) is 0 Å². The van der Waals surface area contributed by atoms with Crippen LogP contribution in [0.1, 0.15) is 110 Å². The number of hydrogen-bond donors (Lipinski definition) is 0. The Kier molecular flexibility index (Phi) is 14.3. The fourth-order valence-electron chi connectivity index (χ4n) is 3.50. The number of rotatable bonds is 18. The fraction of sp³-hybridized carbons (Fsp3) is 0.826. The minimum atomic E-state index is 0.604. The molecule has 1 nitrogen and oxygen atoms in total. The lowest BCUT2D eigenvalue weighted by Crippen LogP contribution is -1.94. The molecule has 1 aliphatic heterocycles. The van der Waals surface area contributed by atoms with Crippen LogP contribution in [0.15, 0.2) is 24.8 Å². The third-order valence-corrected chi connectivity index (χ3v) is 5.16. The van der Waals surface area contributed by atoms with Crippen LogP contribution in [-0.4, -0.2) is 12.2 Å². The van der Waals surface area contributed by atoms with Crippen molar-refractivity contribution >= 4 is 0 Å². The van der Waals surface area contributed by atoms with E-state index in [9.17, 15) is 0 Å². The van der Waals surface area contributed by atoms with Gasteiger partial charge in [-0.25, -0.2) is 0 Å². The Hall–Kier alpha value is -0.560. The van der Waals surface area contributed by atoms with Crippen LogP contribution < -0.4 is 0 Å². The monoisotopic (exact) mass is 334 g/mol. The molecule has 0 radical (unpaired) electrons. The zero-order valence-electron chi connectivity index (χ0n) is 16.3. The average molecular weight is 335 g/mol. The third-order valence-electron chi connectivity index (χ3n) is 5.16. The van der Waals surface area contributed by atoms with E-state index >= 15 is 0 Å². The maximum Gasteiger partial charge on any atom is 0.0841 e. The van der Waals surface area contributed by atoms with Gasteiger partial charge in [0.15, 0.2) is 0 Å². The number of unbranched alkanes of at least 4 members (excludes halogenated alkanes) is 12. The van der Waals surface area contributed by atoms with Crippen LogP contribution in [0.4, 0.5) is 0 Å². The summed E-state index contributed by atoms with van der Waals surface area (Å²) in [6, 6.07) is 0. The average Bonchev–Trinajstić information content (AvgIpc) is 3.34. The van der Waals surface area contributed by atoms with Crippen molar-refractivity contribution in [3.05, 3.63) is 24.8 Å². The summed E-state index contributed by atoms with van der Waals surface area (Å²) in [5, 5.41) is 0. The molecule has 0 amide bonds. The molecule has 1 rings (SSSR count). The third kappa shape index (κ3) is 12.8. The Morgan fingerprint density at radius 3 is 1.75 bits per heavy atom. The summed E-state index contributed by atoms with van der Waals surface area (Å²) >= 11 is 0. The van der Waals surface area contributed by atoms with Crippen molar-refractivity contribution in [3.63, 3.8) is 0 Å². The Labute approximate surface area is 151 Å². The first-order valence-electron chi connectivity index (χ1n) is 10.8. The van der Waals surface area contributed by atoms with Crippen molar-refractivity contribution in [2.75, 3.05) is 0 Å². The summed E-state index contributed by atoms with van der Waals surface area (Å²) in [4.78, 5) is 0. The van der Waals surface area contributed by atoms with Gasteiger partial charge in [0.2, 0.25) is 0 Å². The molecule has 2 unspecified atom stereocenters. The van der Waals surface area contributed by atoms with E-state index in [1.165, 1.54) is 103 Å². The van der Waals surface area contributed by atoms with Gasteiger partial charge in [-0.2, -0.15) is 0 Å². The van der Waals surface area contributed by atoms with Crippen LogP contribution in [0, 0.1) is 0 Å². The van der Waals surface area contributed by atoms with Crippen LogP contribution in [0.5, 0.6) is 0 Å². The Balaban J connectivity index is 1.74. The molecule has 0 spiro atoms. The number of allylic oxidation sites excluding steroid dienone is 3. The van der Waals surface area contributed by atoms with Gasteiger partial charge >= 0.3 is 0 Å². The largest absolute Gasteiger partial charge is 0.370 e. The lowest BCUT2D eigenvalue weighted by Gasteiger charge is -2.01. The molecule has 0 N–H and O–H groups in total. The van der Waals surface area contributed by atoms with E-state index in [4.69, 9.17) is 4.74 Å². The number of ether oxygens (including phenoxy) is 1. The highest BCUT2D eigenvalue weighted by molar-refractivity contribution is 4.96. The predicted octanol–water partition coefficient (Wildman–Crippen LogP) is 7.76. The van der Waals surface area contributed by atoms with Gasteiger partial charge in [0.05, 0.1) is 12.2 Å². The highest BCUT2D eigenvalue weighted by atomic mass is 16.6. The molecule has 1 heteroatoms. The molecule has 2 atom stereocenters. The minimum Gasteiger partial charge on any atom is -0.370 e. The van der Waals surface area contributed by atoms with E-state index < -0.39 is 0 Å². The Bertz CT molecular complexity index is 307. The summed E-state index contributed by atoms with van der Waals surface area (Å²) in [5.74, 6) is 0. The van der Waals surface area contributed by atoms with Gasteiger partial charge in [-0.15, -0.1) is 0 Å². The van der Waals surface area contributed by atoms with Crippen LogP contribution in [0.3, 0.4) is 0 Å². The molecule has 1 saturated heterocycles. The lowest BCUT2D eigenvalue weighted by molar-refractivity contribution is 0.348. The van der Waals surface area contributed by atoms with E-state index in [2.05, 4.69) is 19.6 Å². The fourth-order valence-corrected chi connectivity index (χ4v) is 3.50. The van der Waals surface area contributed by atoms with Crippen LogP contribution in [-0.2, 0) is 4.74 Å². The normalized spacial score (nSPS) is 19.9. The quantitative estimate of drug-likeness (QED) is 0.142. The molecule has 1 aliphatic rings. The molecule has 0 bridgehead atoms.